The number of benzene rings is 2. The normalized spacial score (nSPS) is 10.2. The highest BCUT2D eigenvalue weighted by Crippen LogP contribution is 2.10. The summed E-state index contributed by atoms with van der Waals surface area (Å²) in [5.41, 5.74) is 1.49. The first kappa shape index (κ1) is 21.5. The number of para-hydroxylation sites is 1. The molecule has 3 rings (SSSR count). The van der Waals surface area contributed by atoms with E-state index >= 15 is 0 Å². The average molecular weight is 444 g/mol. The Morgan fingerprint density at radius 3 is 2.25 bits per heavy atom. The van der Waals surface area contributed by atoms with Crippen molar-refractivity contribution in [2.75, 3.05) is 6.61 Å². The van der Waals surface area contributed by atoms with Gasteiger partial charge in [0.15, 0.2) is 5.78 Å². The molecule has 0 aliphatic heterocycles. The van der Waals surface area contributed by atoms with Crippen LogP contribution in [0.15, 0.2) is 60.7 Å². The number of esters is 1. The van der Waals surface area contributed by atoms with E-state index in [1.807, 2.05) is 55.5 Å². The highest BCUT2D eigenvalue weighted by molar-refractivity contribution is 5.95. The minimum atomic E-state index is -0.365. The maximum absolute atomic E-state index is 12.7. The Kier molecular flexibility index (Phi) is 7.63. The SMILES string of the molecule is CCOC(=O)Cc1nn(-c2ccccc2)c(C)[n+]1CC(=O)c1ccccc1.[Br-]. The fourth-order valence-corrected chi connectivity index (χ4v) is 2.89. The standard InChI is InChI=1S/C21H22N3O3.BrH/c1-3-27-21(26)14-20-22-24(18-12-8-5-9-13-18)16(2)23(20)15-19(25)17-10-6-4-7-11-17;/h4-13H,3,14-15H2,1-2H3;1H/q+1;/p-1. The number of hydrogen-bond acceptors (Lipinski definition) is 4. The molecule has 0 aliphatic rings. The highest BCUT2D eigenvalue weighted by Gasteiger charge is 2.28. The van der Waals surface area contributed by atoms with Crippen molar-refractivity contribution in [3.05, 3.63) is 77.9 Å². The number of rotatable bonds is 7. The van der Waals surface area contributed by atoms with Gasteiger partial charge in [-0.05, 0) is 19.1 Å². The van der Waals surface area contributed by atoms with E-state index in [0.717, 1.165) is 11.5 Å². The molecular formula is C21H22BrN3O3. The number of nitrogens with zero attached hydrogens (tertiary/aromatic N) is 3. The van der Waals surface area contributed by atoms with E-state index in [4.69, 9.17) is 4.74 Å². The zero-order chi connectivity index (χ0) is 19.2. The van der Waals surface area contributed by atoms with Crippen LogP contribution in [0, 0.1) is 6.92 Å². The summed E-state index contributed by atoms with van der Waals surface area (Å²) in [7, 11) is 0. The van der Waals surface area contributed by atoms with Crippen molar-refractivity contribution >= 4 is 11.8 Å². The van der Waals surface area contributed by atoms with Gasteiger partial charge >= 0.3 is 5.97 Å². The zero-order valence-corrected chi connectivity index (χ0v) is 17.4. The van der Waals surface area contributed by atoms with Gasteiger partial charge < -0.3 is 21.7 Å². The van der Waals surface area contributed by atoms with E-state index in [1.165, 1.54) is 0 Å². The first-order chi connectivity index (χ1) is 13.1. The molecule has 1 aromatic heterocycles. The van der Waals surface area contributed by atoms with Gasteiger partial charge in [-0.3, -0.25) is 9.59 Å². The van der Waals surface area contributed by atoms with E-state index < -0.39 is 0 Å². The van der Waals surface area contributed by atoms with Crippen LogP contribution in [-0.2, 0) is 22.5 Å². The molecule has 146 valence electrons. The summed E-state index contributed by atoms with van der Waals surface area (Å²) in [5, 5.41) is 4.58. The van der Waals surface area contributed by atoms with E-state index in [9.17, 15) is 9.59 Å². The van der Waals surface area contributed by atoms with Gasteiger partial charge in [0.1, 0.15) is 18.7 Å². The lowest BCUT2D eigenvalue weighted by Crippen LogP contribution is -3.00. The van der Waals surface area contributed by atoms with E-state index in [-0.39, 0.29) is 41.7 Å². The third kappa shape index (κ3) is 4.92. The number of Topliss-reactive ketones (excluding diaryl/α,β-unsaturated/α-hetero) is 1. The summed E-state index contributed by atoms with van der Waals surface area (Å²) in [4.78, 5) is 24.7. The molecule has 0 saturated carbocycles. The van der Waals surface area contributed by atoms with Gasteiger partial charge in [0, 0.05) is 17.6 Å². The largest absolute Gasteiger partial charge is 1.00 e. The number of carbonyl (C=O) groups excluding carboxylic acids is 2. The smallest absolute Gasteiger partial charge is 0.316 e. The molecule has 28 heavy (non-hydrogen) atoms. The topological polar surface area (TPSA) is 65.1 Å². The molecule has 0 atom stereocenters. The molecule has 0 radical (unpaired) electrons. The average Bonchev–Trinajstić information content (AvgIpc) is 2.99. The second kappa shape index (κ2) is 9.94. The van der Waals surface area contributed by atoms with Gasteiger partial charge in [-0.2, -0.15) is 0 Å². The van der Waals surface area contributed by atoms with Crippen LogP contribution in [0.25, 0.3) is 5.69 Å². The summed E-state index contributed by atoms with van der Waals surface area (Å²) in [5.74, 6) is 0.862. The summed E-state index contributed by atoms with van der Waals surface area (Å²) >= 11 is 0. The van der Waals surface area contributed by atoms with Crippen LogP contribution in [0.4, 0.5) is 0 Å². The molecule has 0 N–H and O–H groups in total. The first-order valence-electron chi connectivity index (χ1n) is 8.87. The molecule has 0 bridgehead atoms. The van der Waals surface area contributed by atoms with Crippen molar-refractivity contribution in [2.24, 2.45) is 0 Å². The van der Waals surface area contributed by atoms with Gasteiger partial charge in [0.05, 0.1) is 6.61 Å². The molecule has 3 aromatic rings. The first-order valence-corrected chi connectivity index (χ1v) is 8.87. The minimum Gasteiger partial charge on any atom is -1.00 e. The van der Waals surface area contributed by atoms with Crippen LogP contribution in [-0.4, -0.2) is 28.1 Å². The van der Waals surface area contributed by atoms with E-state index in [1.54, 1.807) is 28.3 Å². The fraction of sp³-hybridized carbons (Fsp3) is 0.238. The molecule has 0 aliphatic carbocycles. The molecular weight excluding hydrogens is 422 g/mol. The van der Waals surface area contributed by atoms with Crippen molar-refractivity contribution < 1.29 is 35.9 Å². The van der Waals surface area contributed by atoms with Gasteiger partial charge in [0.25, 0.3) is 5.82 Å². The Balaban J connectivity index is 0.00000280. The van der Waals surface area contributed by atoms with Crippen molar-refractivity contribution in [3.8, 4) is 5.69 Å². The molecule has 0 amide bonds. The Bertz CT molecular complexity index is 940. The quantitative estimate of drug-likeness (QED) is 0.279. The predicted molar refractivity (Wildman–Crippen MR) is 99.6 cm³/mol. The number of carbonyl (C=O) groups is 2. The van der Waals surface area contributed by atoms with Crippen molar-refractivity contribution in [1.82, 2.24) is 9.78 Å². The number of aromatic nitrogens is 3. The monoisotopic (exact) mass is 443 g/mol. The number of hydrogen-bond donors (Lipinski definition) is 0. The van der Waals surface area contributed by atoms with Gasteiger partial charge in [-0.1, -0.05) is 53.2 Å². The molecule has 2 aromatic carbocycles. The van der Waals surface area contributed by atoms with Crippen LogP contribution in [0.3, 0.4) is 0 Å². The molecule has 0 fully saturated rings. The summed E-state index contributed by atoms with van der Waals surface area (Å²) in [6, 6.07) is 18.7. The van der Waals surface area contributed by atoms with Gasteiger partial charge in [-0.15, -0.1) is 0 Å². The van der Waals surface area contributed by atoms with Crippen LogP contribution in [0.1, 0.15) is 28.9 Å². The maximum atomic E-state index is 12.7. The summed E-state index contributed by atoms with van der Waals surface area (Å²) in [6.07, 6.45) is 0.0105. The lowest BCUT2D eigenvalue weighted by molar-refractivity contribution is -0.696. The van der Waals surface area contributed by atoms with E-state index in [2.05, 4.69) is 5.10 Å². The molecule has 0 spiro atoms. The molecule has 6 nitrogen and oxygen atoms in total. The fourth-order valence-electron chi connectivity index (χ4n) is 2.89. The third-order valence-electron chi connectivity index (χ3n) is 4.23. The number of ketones is 1. The van der Waals surface area contributed by atoms with Crippen molar-refractivity contribution in [2.45, 2.75) is 26.8 Å². The third-order valence-corrected chi connectivity index (χ3v) is 4.23. The Labute approximate surface area is 174 Å². The minimum absolute atomic E-state index is 0. The maximum Gasteiger partial charge on any atom is 0.316 e. The number of halogens is 1. The Morgan fingerprint density at radius 1 is 1.04 bits per heavy atom. The van der Waals surface area contributed by atoms with Crippen LogP contribution in [0.2, 0.25) is 0 Å². The van der Waals surface area contributed by atoms with Crippen molar-refractivity contribution in [1.29, 1.82) is 0 Å². The number of ether oxygens (including phenoxy) is 1. The molecule has 7 heteroatoms. The summed E-state index contributed by atoms with van der Waals surface area (Å²) in [6.45, 7) is 4.06. The highest BCUT2D eigenvalue weighted by atomic mass is 79.9. The second-order valence-corrected chi connectivity index (χ2v) is 6.07. The molecule has 1 heterocycles. The lowest BCUT2D eigenvalue weighted by Gasteiger charge is -2.03. The Hall–Kier alpha value is -2.80. The van der Waals surface area contributed by atoms with Gasteiger partial charge in [-0.25, -0.2) is 4.57 Å². The summed E-state index contributed by atoms with van der Waals surface area (Å²) < 4.78 is 8.58. The Morgan fingerprint density at radius 2 is 1.64 bits per heavy atom. The van der Waals surface area contributed by atoms with Crippen LogP contribution in [0.5, 0.6) is 0 Å². The lowest BCUT2D eigenvalue weighted by atomic mass is 10.1. The molecule has 0 unspecified atom stereocenters. The van der Waals surface area contributed by atoms with Gasteiger partial charge in [0.2, 0.25) is 5.82 Å². The molecule has 0 saturated heterocycles. The van der Waals surface area contributed by atoms with E-state index in [0.29, 0.717) is 18.0 Å². The van der Waals surface area contributed by atoms with Crippen LogP contribution < -0.4 is 21.5 Å². The zero-order valence-electron chi connectivity index (χ0n) is 15.8. The van der Waals surface area contributed by atoms with Crippen LogP contribution >= 0.6 is 0 Å². The predicted octanol–water partition coefficient (Wildman–Crippen LogP) is -0.539. The van der Waals surface area contributed by atoms with Crippen molar-refractivity contribution in [3.63, 3.8) is 0 Å². The second-order valence-electron chi connectivity index (χ2n) is 6.07.